The molecule has 3 heteroatoms. The Balaban J connectivity index is 1.70. The molecule has 19 heavy (non-hydrogen) atoms. The zero-order valence-electron chi connectivity index (χ0n) is 13.0. The van der Waals surface area contributed by atoms with E-state index in [-0.39, 0.29) is 0 Å². The summed E-state index contributed by atoms with van der Waals surface area (Å²) < 4.78 is 0. The predicted molar refractivity (Wildman–Crippen MR) is 82.2 cm³/mol. The molecule has 1 saturated heterocycles. The van der Waals surface area contributed by atoms with Gasteiger partial charge in [-0.3, -0.25) is 4.90 Å². The molecule has 0 aromatic heterocycles. The summed E-state index contributed by atoms with van der Waals surface area (Å²) in [4.78, 5) is 7.45. The lowest BCUT2D eigenvalue weighted by molar-refractivity contribution is 0.0507. The second kappa shape index (κ2) is 6.58. The summed E-state index contributed by atoms with van der Waals surface area (Å²) in [5, 5.41) is 0. The van der Waals surface area contributed by atoms with Crippen molar-refractivity contribution in [1.82, 2.24) is 14.7 Å². The van der Waals surface area contributed by atoms with Crippen LogP contribution >= 0.6 is 0 Å². The van der Waals surface area contributed by atoms with Crippen molar-refractivity contribution in [2.45, 2.75) is 32.7 Å². The third-order valence-electron chi connectivity index (χ3n) is 4.62. The van der Waals surface area contributed by atoms with Crippen molar-refractivity contribution in [2.75, 3.05) is 46.8 Å². The van der Waals surface area contributed by atoms with E-state index in [1.807, 2.05) is 0 Å². The van der Waals surface area contributed by atoms with Crippen molar-refractivity contribution < 1.29 is 0 Å². The monoisotopic (exact) mass is 263 g/mol. The van der Waals surface area contributed by atoms with Crippen LogP contribution < -0.4 is 0 Å². The van der Waals surface area contributed by atoms with Gasteiger partial charge in [0.1, 0.15) is 0 Å². The maximum atomic E-state index is 2.52. The Morgan fingerprint density at radius 3 is 2.47 bits per heavy atom. The number of likely N-dealkylation sites (tertiary alicyclic amines) is 1. The molecule has 2 aliphatic rings. The summed E-state index contributed by atoms with van der Waals surface area (Å²) in [6.07, 6.45) is 6.99. The van der Waals surface area contributed by atoms with Gasteiger partial charge < -0.3 is 9.80 Å². The quantitative estimate of drug-likeness (QED) is 0.727. The van der Waals surface area contributed by atoms with Crippen LogP contribution in [0.1, 0.15) is 26.7 Å². The third-order valence-corrected chi connectivity index (χ3v) is 4.62. The number of hydrogen-bond acceptors (Lipinski definition) is 3. The number of rotatable bonds is 6. The topological polar surface area (TPSA) is 9.72 Å². The molecule has 0 radical (unpaired) electrons. The molecule has 0 N–H and O–H groups in total. The molecule has 3 nitrogen and oxygen atoms in total. The van der Waals surface area contributed by atoms with E-state index in [0.717, 1.165) is 12.6 Å². The Morgan fingerprint density at radius 2 is 1.89 bits per heavy atom. The number of nitrogens with zero attached hydrogens (tertiary/aromatic N) is 3. The smallest absolute Gasteiger partial charge is 0.0348 e. The minimum Gasteiger partial charge on any atom is -0.377 e. The van der Waals surface area contributed by atoms with Gasteiger partial charge in [0.25, 0.3) is 0 Å². The lowest BCUT2D eigenvalue weighted by atomic mass is 10.0. The van der Waals surface area contributed by atoms with Gasteiger partial charge in [0.2, 0.25) is 0 Å². The highest BCUT2D eigenvalue weighted by Crippen LogP contribution is 2.20. The van der Waals surface area contributed by atoms with Crippen LogP contribution in [0.25, 0.3) is 0 Å². The first kappa shape index (κ1) is 14.6. The first-order valence-corrected chi connectivity index (χ1v) is 7.60. The summed E-state index contributed by atoms with van der Waals surface area (Å²) in [7, 11) is 4.50. The Bertz CT molecular complexity index is 353. The van der Waals surface area contributed by atoms with E-state index in [1.165, 1.54) is 50.3 Å². The molecule has 1 aliphatic heterocycles. The molecule has 0 amide bonds. The maximum absolute atomic E-state index is 2.52. The molecular formula is C16H29N3. The van der Waals surface area contributed by atoms with E-state index in [4.69, 9.17) is 0 Å². The molecule has 0 unspecified atom stereocenters. The zero-order chi connectivity index (χ0) is 13.8. The highest BCUT2D eigenvalue weighted by molar-refractivity contribution is 5.21. The van der Waals surface area contributed by atoms with E-state index >= 15 is 0 Å². The largest absolute Gasteiger partial charge is 0.377 e. The average molecular weight is 263 g/mol. The normalized spacial score (nSPS) is 21.1. The Kier molecular flexibility index (Phi) is 5.06. The molecule has 0 aromatic carbocycles. The van der Waals surface area contributed by atoms with E-state index < -0.39 is 0 Å². The highest BCUT2D eigenvalue weighted by Gasteiger charge is 2.28. The third kappa shape index (κ3) is 3.83. The molecule has 0 spiro atoms. The van der Waals surface area contributed by atoms with Crippen molar-refractivity contribution in [3.63, 3.8) is 0 Å². The van der Waals surface area contributed by atoms with Crippen molar-refractivity contribution in [3.05, 3.63) is 23.4 Å². The van der Waals surface area contributed by atoms with Crippen LogP contribution in [0.5, 0.6) is 0 Å². The fourth-order valence-corrected chi connectivity index (χ4v) is 2.76. The van der Waals surface area contributed by atoms with Crippen LogP contribution in [-0.4, -0.2) is 67.6 Å². The number of likely N-dealkylation sites (N-methyl/N-ethyl adjacent to an activating group) is 3. The van der Waals surface area contributed by atoms with Gasteiger partial charge in [-0.25, -0.2) is 0 Å². The van der Waals surface area contributed by atoms with E-state index in [1.54, 1.807) is 0 Å². The SMILES string of the molecule is CCN1CC(N(C)CCN(C)C2=CC=C(C)CC2)C1. The molecule has 0 bridgehead atoms. The molecule has 2 rings (SSSR count). The minimum atomic E-state index is 0.774. The molecule has 0 saturated carbocycles. The molecule has 108 valence electrons. The Hall–Kier alpha value is -0.800. The van der Waals surface area contributed by atoms with Gasteiger partial charge in [0.05, 0.1) is 0 Å². The van der Waals surface area contributed by atoms with Crippen molar-refractivity contribution in [2.24, 2.45) is 0 Å². The summed E-state index contributed by atoms with van der Waals surface area (Å²) >= 11 is 0. The van der Waals surface area contributed by atoms with Gasteiger partial charge in [0.15, 0.2) is 0 Å². The molecule has 1 heterocycles. The first-order valence-electron chi connectivity index (χ1n) is 7.60. The Morgan fingerprint density at radius 1 is 1.16 bits per heavy atom. The summed E-state index contributed by atoms with van der Waals surface area (Å²) in [6.45, 7) is 10.5. The van der Waals surface area contributed by atoms with Gasteiger partial charge in [-0.1, -0.05) is 18.6 Å². The van der Waals surface area contributed by atoms with Crippen LogP contribution in [0.4, 0.5) is 0 Å². The van der Waals surface area contributed by atoms with E-state index in [2.05, 4.69) is 54.8 Å². The first-order chi connectivity index (χ1) is 9.10. The van der Waals surface area contributed by atoms with Crippen LogP contribution in [0.3, 0.4) is 0 Å². The van der Waals surface area contributed by atoms with E-state index in [9.17, 15) is 0 Å². The van der Waals surface area contributed by atoms with Gasteiger partial charge in [0, 0.05) is 45.0 Å². The highest BCUT2D eigenvalue weighted by atomic mass is 15.3. The van der Waals surface area contributed by atoms with Gasteiger partial charge in [-0.15, -0.1) is 0 Å². The fraction of sp³-hybridized carbons (Fsp3) is 0.750. The second-order valence-corrected chi connectivity index (χ2v) is 6.08. The average Bonchev–Trinajstić information content (AvgIpc) is 2.35. The zero-order valence-corrected chi connectivity index (χ0v) is 13.0. The molecule has 0 atom stereocenters. The van der Waals surface area contributed by atoms with Crippen LogP contribution in [-0.2, 0) is 0 Å². The standard InChI is InChI=1S/C16H29N3/c1-5-19-12-16(13-19)18(4)11-10-17(3)15-8-6-14(2)7-9-15/h6,8,16H,5,7,9-13H2,1-4H3. The van der Waals surface area contributed by atoms with Crippen molar-refractivity contribution in [3.8, 4) is 0 Å². The fourth-order valence-electron chi connectivity index (χ4n) is 2.76. The summed E-state index contributed by atoms with van der Waals surface area (Å²) in [5.74, 6) is 0. The minimum absolute atomic E-state index is 0.774. The molecular weight excluding hydrogens is 234 g/mol. The lowest BCUT2D eigenvalue weighted by Gasteiger charge is -2.44. The van der Waals surface area contributed by atoms with Crippen molar-refractivity contribution in [1.29, 1.82) is 0 Å². The molecule has 1 fully saturated rings. The number of hydrogen-bond donors (Lipinski definition) is 0. The van der Waals surface area contributed by atoms with Gasteiger partial charge in [-0.2, -0.15) is 0 Å². The Labute approximate surface area is 118 Å². The molecule has 0 aromatic rings. The predicted octanol–water partition coefficient (Wildman–Crippen LogP) is 2.18. The van der Waals surface area contributed by atoms with Gasteiger partial charge >= 0.3 is 0 Å². The lowest BCUT2D eigenvalue weighted by Crippen LogP contribution is -2.58. The van der Waals surface area contributed by atoms with Crippen LogP contribution in [0.2, 0.25) is 0 Å². The second-order valence-electron chi connectivity index (χ2n) is 6.08. The van der Waals surface area contributed by atoms with Crippen molar-refractivity contribution >= 4 is 0 Å². The van der Waals surface area contributed by atoms with E-state index in [0.29, 0.717) is 0 Å². The van der Waals surface area contributed by atoms with Crippen LogP contribution in [0.15, 0.2) is 23.4 Å². The van der Waals surface area contributed by atoms with Gasteiger partial charge in [-0.05, 0) is 39.4 Å². The molecule has 1 aliphatic carbocycles. The maximum Gasteiger partial charge on any atom is 0.0348 e. The van der Waals surface area contributed by atoms with Crippen LogP contribution in [0, 0.1) is 0 Å². The summed E-state index contributed by atoms with van der Waals surface area (Å²) in [5.41, 5.74) is 2.99. The number of allylic oxidation sites excluding steroid dienone is 4. The summed E-state index contributed by atoms with van der Waals surface area (Å²) in [6, 6.07) is 0.774.